The number of hydroxylamine groups is 1. The lowest BCUT2D eigenvalue weighted by Crippen LogP contribution is -2.46. The van der Waals surface area contributed by atoms with E-state index in [-0.39, 0.29) is 18.0 Å². The van der Waals surface area contributed by atoms with Crippen molar-refractivity contribution in [3.63, 3.8) is 0 Å². The maximum Gasteiger partial charge on any atom is 0.431 e. The predicted octanol–water partition coefficient (Wildman–Crippen LogP) is 1.08. The number of hydrogen-bond acceptors (Lipinski definition) is 7. The van der Waals surface area contributed by atoms with Crippen molar-refractivity contribution in [3.05, 3.63) is 0 Å². The van der Waals surface area contributed by atoms with Crippen LogP contribution in [-0.2, 0) is 19.1 Å². The van der Waals surface area contributed by atoms with Crippen LogP contribution in [0.1, 0.15) is 41.0 Å². The van der Waals surface area contributed by atoms with Crippen molar-refractivity contribution < 1.29 is 29.0 Å². The highest BCUT2D eigenvalue weighted by Gasteiger charge is 2.38. The molecule has 1 fully saturated rings. The molecule has 8 nitrogen and oxygen atoms in total. The lowest BCUT2D eigenvalue weighted by Gasteiger charge is -2.29. The van der Waals surface area contributed by atoms with E-state index < -0.39 is 23.8 Å². The van der Waals surface area contributed by atoms with Gasteiger partial charge in [-0.05, 0) is 26.7 Å². The summed E-state index contributed by atoms with van der Waals surface area (Å²) >= 11 is 0. The summed E-state index contributed by atoms with van der Waals surface area (Å²) in [6.45, 7) is 9.92. The highest BCUT2D eigenvalue weighted by molar-refractivity contribution is 5.76. The highest BCUT2D eigenvalue weighted by atomic mass is 16.7. The fraction of sp³-hybridized carbons (Fsp3) is 0.875. The van der Waals surface area contributed by atoms with Crippen molar-refractivity contribution in [1.29, 1.82) is 0 Å². The van der Waals surface area contributed by atoms with E-state index in [9.17, 15) is 14.7 Å². The van der Waals surface area contributed by atoms with Crippen LogP contribution in [-0.4, -0.2) is 66.1 Å². The number of aliphatic hydroxyl groups is 1. The molecule has 0 aromatic heterocycles. The third-order valence-corrected chi connectivity index (χ3v) is 3.71. The third-order valence-electron chi connectivity index (χ3n) is 3.71. The summed E-state index contributed by atoms with van der Waals surface area (Å²) in [7, 11) is 1.33. The van der Waals surface area contributed by atoms with Gasteiger partial charge in [-0.1, -0.05) is 13.8 Å². The molecule has 0 aliphatic carbocycles. The third kappa shape index (κ3) is 6.62. The Morgan fingerprint density at radius 3 is 2.46 bits per heavy atom. The van der Waals surface area contributed by atoms with Gasteiger partial charge in [-0.25, -0.2) is 4.79 Å². The van der Waals surface area contributed by atoms with E-state index in [4.69, 9.17) is 14.3 Å². The number of carbonyl (C=O) groups is 2. The Hall–Kier alpha value is -1.38. The number of esters is 1. The maximum atomic E-state index is 11.8. The van der Waals surface area contributed by atoms with Crippen LogP contribution < -0.4 is 5.48 Å². The molecule has 0 bridgehead atoms. The van der Waals surface area contributed by atoms with Gasteiger partial charge in [0.1, 0.15) is 17.7 Å². The average molecular weight is 346 g/mol. The minimum atomic E-state index is -0.667. The monoisotopic (exact) mass is 346 g/mol. The van der Waals surface area contributed by atoms with Crippen molar-refractivity contribution in [3.8, 4) is 0 Å². The van der Waals surface area contributed by atoms with Gasteiger partial charge < -0.3 is 14.6 Å². The smallest absolute Gasteiger partial charge is 0.431 e. The molecular formula is C16H30N2O6. The van der Waals surface area contributed by atoms with Gasteiger partial charge in [-0.3, -0.25) is 14.5 Å². The minimum Gasteiger partial charge on any atom is -0.468 e. The zero-order chi connectivity index (χ0) is 18.5. The van der Waals surface area contributed by atoms with Crippen molar-refractivity contribution in [2.24, 2.45) is 5.92 Å². The molecule has 0 spiro atoms. The van der Waals surface area contributed by atoms with Gasteiger partial charge in [0, 0.05) is 19.5 Å². The average Bonchev–Trinajstić information content (AvgIpc) is 2.81. The number of methoxy groups -OCH3 is 1. The number of carbonyl (C=O) groups excluding carboxylic acids is 2. The highest BCUT2D eigenvalue weighted by Crippen LogP contribution is 2.21. The topological polar surface area (TPSA) is 97.3 Å². The van der Waals surface area contributed by atoms with E-state index in [1.165, 1.54) is 7.11 Å². The lowest BCUT2D eigenvalue weighted by atomic mass is 10.1. The first-order valence-corrected chi connectivity index (χ1v) is 8.18. The molecule has 8 heteroatoms. The second-order valence-corrected chi connectivity index (χ2v) is 7.39. The van der Waals surface area contributed by atoms with Crippen LogP contribution in [0.15, 0.2) is 0 Å². The van der Waals surface area contributed by atoms with E-state index in [1.807, 2.05) is 18.7 Å². The molecule has 0 saturated carbocycles. The molecule has 1 unspecified atom stereocenters. The van der Waals surface area contributed by atoms with Crippen LogP contribution in [0.2, 0.25) is 0 Å². The van der Waals surface area contributed by atoms with Crippen molar-refractivity contribution in [2.75, 3.05) is 20.2 Å². The van der Waals surface area contributed by atoms with Crippen LogP contribution in [0, 0.1) is 5.92 Å². The van der Waals surface area contributed by atoms with Gasteiger partial charge in [0.05, 0.1) is 13.2 Å². The normalized spacial score (nSPS) is 23.2. The van der Waals surface area contributed by atoms with Gasteiger partial charge >= 0.3 is 12.1 Å². The molecule has 140 valence electrons. The Morgan fingerprint density at radius 2 is 1.96 bits per heavy atom. The number of amides is 1. The molecule has 1 saturated heterocycles. The number of nitrogens with one attached hydrogen (secondary N) is 1. The Morgan fingerprint density at radius 1 is 1.33 bits per heavy atom. The predicted molar refractivity (Wildman–Crippen MR) is 87.1 cm³/mol. The number of hydrogen-bond donors (Lipinski definition) is 2. The standard InChI is InChI=1S/C16H30N2O6/c1-10(2)13(24-17-15(21)23-16(3,4)5)9-18-8-11(19)7-12(18)14(20)22-6/h10-13,19H,7-9H2,1-6H3,(H,17,21)/t11-,12+,13?/m1/s1. The van der Waals surface area contributed by atoms with Crippen LogP contribution in [0.5, 0.6) is 0 Å². The number of β-amino-alcohol motifs (C(OH)–C–C–N with tert-alkyl or cyclic N) is 1. The zero-order valence-electron chi connectivity index (χ0n) is 15.4. The molecular weight excluding hydrogens is 316 g/mol. The van der Waals surface area contributed by atoms with Crippen LogP contribution >= 0.6 is 0 Å². The first-order valence-electron chi connectivity index (χ1n) is 8.18. The fourth-order valence-corrected chi connectivity index (χ4v) is 2.50. The van der Waals surface area contributed by atoms with E-state index >= 15 is 0 Å². The molecule has 0 aromatic carbocycles. The van der Waals surface area contributed by atoms with E-state index in [0.717, 1.165) is 0 Å². The van der Waals surface area contributed by atoms with Crippen LogP contribution in [0.3, 0.4) is 0 Å². The molecule has 1 amide bonds. The maximum absolute atomic E-state index is 11.8. The van der Waals surface area contributed by atoms with Crippen LogP contribution in [0.4, 0.5) is 4.79 Å². The molecule has 24 heavy (non-hydrogen) atoms. The number of rotatable bonds is 6. The Balaban J connectivity index is 2.62. The summed E-state index contributed by atoms with van der Waals surface area (Å²) < 4.78 is 9.91. The molecule has 0 aromatic rings. The van der Waals surface area contributed by atoms with E-state index in [2.05, 4.69) is 5.48 Å². The Labute approximate surface area is 143 Å². The van der Waals surface area contributed by atoms with Gasteiger partial charge in [-0.2, -0.15) is 5.48 Å². The summed E-state index contributed by atoms with van der Waals surface area (Å²) in [5.74, 6) is -0.301. The summed E-state index contributed by atoms with van der Waals surface area (Å²) in [5, 5.41) is 9.83. The minimum absolute atomic E-state index is 0.0796. The van der Waals surface area contributed by atoms with E-state index in [1.54, 1.807) is 20.8 Å². The van der Waals surface area contributed by atoms with Crippen molar-refractivity contribution in [1.82, 2.24) is 10.4 Å². The summed E-state index contributed by atoms with van der Waals surface area (Å²) in [6.07, 6.45) is -1.29. The molecule has 3 atom stereocenters. The van der Waals surface area contributed by atoms with Gasteiger partial charge in [0.15, 0.2) is 0 Å². The molecule has 1 aliphatic rings. The Bertz CT molecular complexity index is 435. The summed E-state index contributed by atoms with van der Waals surface area (Å²) in [6, 6.07) is -0.503. The molecule has 1 heterocycles. The molecule has 1 rings (SSSR count). The first-order chi connectivity index (χ1) is 11.0. The second-order valence-electron chi connectivity index (χ2n) is 7.39. The SMILES string of the molecule is COC(=O)[C@@H]1C[C@@H](O)CN1CC(ONC(=O)OC(C)(C)C)C(C)C. The molecule has 2 N–H and O–H groups in total. The number of likely N-dealkylation sites (tertiary alicyclic amines) is 1. The largest absolute Gasteiger partial charge is 0.468 e. The second kappa shape index (κ2) is 8.64. The van der Waals surface area contributed by atoms with Gasteiger partial charge in [0.2, 0.25) is 0 Å². The first kappa shape index (κ1) is 20.7. The lowest BCUT2D eigenvalue weighted by molar-refractivity contribution is -0.147. The number of ether oxygens (including phenoxy) is 2. The van der Waals surface area contributed by atoms with Crippen molar-refractivity contribution >= 4 is 12.1 Å². The van der Waals surface area contributed by atoms with Gasteiger partial charge in [-0.15, -0.1) is 0 Å². The fourth-order valence-electron chi connectivity index (χ4n) is 2.50. The summed E-state index contributed by atoms with van der Waals surface area (Å²) in [4.78, 5) is 30.8. The quantitative estimate of drug-likeness (QED) is 0.548. The zero-order valence-corrected chi connectivity index (χ0v) is 15.4. The molecule has 1 aliphatic heterocycles. The van der Waals surface area contributed by atoms with Crippen molar-refractivity contribution in [2.45, 2.75) is 64.9 Å². The van der Waals surface area contributed by atoms with Gasteiger partial charge in [0.25, 0.3) is 0 Å². The molecule has 0 radical (unpaired) electrons. The number of nitrogens with zero attached hydrogens (tertiary/aromatic N) is 1. The van der Waals surface area contributed by atoms with E-state index in [0.29, 0.717) is 19.5 Å². The Kier molecular flexibility index (Phi) is 7.44. The summed E-state index contributed by atoms with van der Waals surface area (Å²) in [5.41, 5.74) is 1.68. The number of aliphatic hydroxyl groups excluding tert-OH is 1. The van der Waals surface area contributed by atoms with Crippen LogP contribution in [0.25, 0.3) is 0 Å².